The molecule has 2 atom stereocenters. The van der Waals surface area contributed by atoms with Crippen LogP contribution in [0, 0.1) is 0 Å². The Morgan fingerprint density at radius 2 is 2.10 bits per heavy atom. The lowest BCUT2D eigenvalue weighted by atomic mass is 10.0. The number of benzene rings is 1. The van der Waals surface area contributed by atoms with E-state index < -0.39 is 29.6 Å². The lowest BCUT2D eigenvalue weighted by Gasteiger charge is -2.17. The predicted octanol–water partition coefficient (Wildman–Crippen LogP) is -0.561. The molecule has 1 aromatic heterocycles. The smallest absolute Gasteiger partial charge is 0.419 e. The van der Waals surface area contributed by atoms with Gasteiger partial charge in [0.2, 0.25) is 0 Å². The van der Waals surface area contributed by atoms with Gasteiger partial charge in [-0.2, -0.15) is 0 Å². The first-order chi connectivity index (χ1) is 9.95. The molecule has 0 aliphatic carbocycles. The van der Waals surface area contributed by atoms with Crippen molar-refractivity contribution in [3.63, 3.8) is 0 Å². The number of ether oxygens (including phenoxy) is 1. The number of aliphatic hydroxyl groups is 2. The van der Waals surface area contributed by atoms with E-state index in [-0.39, 0.29) is 23.1 Å². The molecule has 0 aliphatic rings. The minimum atomic E-state index is -1.86. The van der Waals surface area contributed by atoms with Crippen molar-refractivity contribution < 1.29 is 24.2 Å². The summed E-state index contributed by atoms with van der Waals surface area (Å²) in [6, 6.07) is 4.22. The number of aromatic nitrogens is 1. The zero-order valence-electron chi connectivity index (χ0n) is 11.0. The van der Waals surface area contributed by atoms with Gasteiger partial charge in [-0.05, 0) is 13.0 Å². The van der Waals surface area contributed by atoms with Crippen LogP contribution in [0.25, 0.3) is 10.9 Å². The maximum absolute atomic E-state index is 11.7. The highest BCUT2D eigenvalue weighted by molar-refractivity contribution is 5.83. The van der Waals surface area contributed by atoms with Gasteiger partial charge in [0.1, 0.15) is 6.10 Å². The van der Waals surface area contributed by atoms with Gasteiger partial charge in [0.25, 0.3) is 0 Å². The fraction of sp³-hybridized carbons (Fsp3) is 0.308. The van der Waals surface area contributed by atoms with E-state index in [2.05, 4.69) is 14.1 Å². The Kier molecular flexibility index (Phi) is 4.20. The van der Waals surface area contributed by atoms with Crippen LogP contribution >= 0.6 is 0 Å². The number of carbonyl (C=O) groups excluding carboxylic acids is 1. The van der Waals surface area contributed by atoms with Crippen molar-refractivity contribution in [1.82, 2.24) is 4.98 Å². The van der Waals surface area contributed by atoms with Crippen LogP contribution in [-0.4, -0.2) is 33.9 Å². The number of nitrogens with one attached hydrogen (secondary N) is 1. The molecule has 8 heteroatoms. The van der Waals surface area contributed by atoms with Crippen molar-refractivity contribution in [3.05, 3.63) is 44.7 Å². The number of aromatic amines is 1. The van der Waals surface area contributed by atoms with Gasteiger partial charge in [-0.15, -0.1) is 0 Å². The number of esters is 1. The fourth-order valence-electron chi connectivity index (χ4n) is 1.95. The Morgan fingerprint density at radius 1 is 1.38 bits per heavy atom. The Balaban J connectivity index is 2.54. The van der Waals surface area contributed by atoms with Crippen molar-refractivity contribution in [2.24, 2.45) is 0 Å². The number of carbonyl (C=O) groups is 1. The summed E-state index contributed by atoms with van der Waals surface area (Å²) in [6.45, 7) is 1.59. The van der Waals surface area contributed by atoms with Gasteiger partial charge in [-0.3, -0.25) is 4.98 Å². The lowest BCUT2D eigenvalue weighted by Crippen LogP contribution is -2.30. The van der Waals surface area contributed by atoms with Gasteiger partial charge in [-0.25, -0.2) is 14.4 Å². The van der Waals surface area contributed by atoms with Gasteiger partial charge >= 0.3 is 17.4 Å². The first-order valence-electron chi connectivity index (χ1n) is 6.14. The third-order valence-corrected chi connectivity index (χ3v) is 2.87. The number of fused-ring (bicyclic) bond motifs is 1. The Labute approximate surface area is 117 Å². The molecule has 0 saturated carbocycles. The summed E-state index contributed by atoms with van der Waals surface area (Å²) in [6.07, 6.45) is -3.55. The number of hydrogen-bond acceptors (Lipinski definition) is 7. The molecule has 0 amide bonds. The average Bonchev–Trinajstić information content (AvgIpc) is 2.44. The van der Waals surface area contributed by atoms with Gasteiger partial charge in [0.15, 0.2) is 6.10 Å². The van der Waals surface area contributed by atoms with E-state index in [0.29, 0.717) is 0 Å². The molecule has 1 aromatic carbocycles. The Bertz CT molecular complexity index is 776. The molecule has 0 aliphatic heterocycles. The number of hydrogen-bond donors (Lipinski definition) is 3. The molecule has 0 radical (unpaired) electrons. The molecule has 2 unspecified atom stereocenters. The quantitative estimate of drug-likeness (QED) is 0.644. The van der Waals surface area contributed by atoms with E-state index >= 15 is 0 Å². The Morgan fingerprint density at radius 3 is 2.76 bits per heavy atom. The van der Waals surface area contributed by atoms with E-state index in [1.165, 1.54) is 18.2 Å². The highest BCUT2D eigenvalue weighted by Gasteiger charge is 2.29. The third kappa shape index (κ3) is 2.86. The second-order valence-electron chi connectivity index (χ2n) is 4.21. The van der Waals surface area contributed by atoms with Crippen molar-refractivity contribution in [2.45, 2.75) is 19.1 Å². The molecule has 112 valence electrons. The maximum Gasteiger partial charge on any atom is 0.419 e. The monoisotopic (exact) mass is 295 g/mol. The number of rotatable bonds is 4. The van der Waals surface area contributed by atoms with Crippen molar-refractivity contribution in [2.75, 3.05) is 6.61 Å². The highest BCUT2D eigenvalue weighted by Crippen LogP contribution is 2.23. The van der Waals surface area contributed by atoms with Crippen LogP contribution in [0.4, 0.5) is 0 Å². The van der Waals surface area contributed by atoms with Crippen LogP contribution < -0.4 is 11.4 Å². The average molecular weight is 295 g/mol. The number of aliphatic hydroxyl groups excluding tert-OH is 2. The number of H-pyrrole nitrogens is 1. The molecule has 2 aromatic rings. The van der Waals surface area contributed by atoms with E-state index in [1.807, 2.05) is 0 Å². The molecule has 3 N–H and O–H groups in total. The normalized spacial score (nSPS) is 13.9. The fourth-order valence-corrected chi connectivity index (χ4v) is 1.95. The van der Waals surface area contributed by atoms with Gasteiger partial charge in [0, 0.05) is 5.56 Å². The Hall–Kier alpha value is -2.45. The highest BCUT2D eigenvalue weighted by atomic mass is 16.5. The van der Waals surface area contributed by atoms with Crippen molar-refractivity contribution in [3.8, 4) is 0 Å². The van der Waals surface area contributed by atoms with E-state index in [0.717, 1.165) is 0 Å². The lowest BCUT2D eigenvalue weighted by molar-refractivity contribution is -0.159. The second kappa shape index (κ2) is 5.90. The van der Waals surface area contributed by atoms with Crippen LogP contribution in [-0.2, 0) is 9.53 Å². The standard InChI is InChI=1S/C13H13NO7/c1-2-20-12(18)10(16)9(15)6-4-3-5-7-8(6)11(17)21-13(19)14-7/h3-5,9-10,15-16H,2H2,1H3,(H,14,19). The molecule has 0 saturated heterocycles. The van der Waals surface area contributed by atoms with Crippen molar-refractivity contribution >= 4 is 16.9 Å². The topological polar surface area (TPSA) is 130 Å². The molecule has 2 rings (SSSR count). The molecular formula is C13H13NO7. The van der Waals surface area contributed by atoms with Crippen LogP contribution in [0.5, 0.6) is 0 Å². The van der Waals surface area contributed by atoms with E-state index in [9.17, 15) is 24.6 Å². The first kappa shape index (κ1) is 14.9. The predicted molar refractivity (Wildman–Crippen MR) is 70.7 cm³/mol. The summed E-state index contributed by atoms with van der Waals surface area (Å²) in [5, 5.41) is 19.7. The summed E-state index contributed by atoms with van der Waals surface area (Å²) >= 11 is 0. The van der Waals surface area contributed by atoms with E-state index in [1.54, 1.807) is 6.92 Å². The van der Waals surface area contributed by atoms with Crippen LogP contribution in [0.1, 0.15) is 18.6 Å². The molecule has 21 heavy (non-hydrogen) atoms. The summed E-state index contributed by atoms with van der Waals surface area (Å²) in [7, 11) is 0. The largest absolute Gasteiger partial charge is 0.464 e. The van der Waals surface area contributed by atoms with Crippen molar-refractivity contribution in [1.29, 1.82) is 0 Å². The molecule has 0 fully saturated rings. The minimum Gasteiger partial charge on any atom is -0.464 e. The molecule has 0 bridgehead atoms. The van der Waals surface area contributed by atoms with Gasteiger partial charge < -0.3 is 19.4 Å². The van der Waals surface area contributed by atoms with E-state index in [4.69, 9.17) is 0 Å². The third-order valence-electron chi connectivity index (χ3n) is 2.87. The second-order valence-corrected chi connectivity index (χ2v) is 4.21. The molecule has 0 spiro atoms. The van der Waals surface area contributed by atoms with Crippen LogP contribution in [0.2, 0.25) is 0 Å². The van der Waals surface area contributed by atoms with Gasteiger partial charge in [-0.1, -0.05) is 12.1 Å². The molecule has 8 nitrogen and oxygen atoms in total. The zero-order valence-corrected chi connectivity index (χ0v) is 11.0. The SMILES string of the molecule is CCOC(=O)C(O)C(O)c1cccc2[nH]c(=O)oc(=O)c12. The van der Waals surface area contributed by atoms with Crippen LogP contribution in [0.3, 0.4) is 0 Å². The van der Waals surface area contributed by atoms with Gasteiger partial charge in [0.05, 0.1) is 17.5 Å². The first-order valence-corrected chi connectivity index (χ1v) is 6.14. The molecule has 1 heterocycles. The zero-order chi connectivity index (χ0) is 15.6. The maximum atomic E-state index is 11.7. The van der Waals surface area contributed by atoms with Crippen LogP contribution in [0.15, 0.2) is 32.2 Å². The summed E-state index contributed by atoms with van der Waals surface area (Å²) in [5.74, 6) is -1.96. The summed E-state index contributed by atoms with van der Waals surface area (Å²) in [5.41, 5.74) is -0.888. The minimum absolute atomic E-state index is 0.0353. The molecular weight excluding hydrogens is 282 g/mol. The summed E-state index contributed by atoms with van der Waals surface area (Å²) < 4.78 is 8.99. The summed E-state index contributed by atoms with van der Waals surface area (Å²) in [4.78, 5) is 36.6.